The van der Waals surface area contributed by atoms with Crippen LogP contribution in [0.25, 0.3) is 11.1 Å². The average Bonchev–Trinajstić information content (AvgIpc) is 3.03. The van der Waals surface area contributed by atoms with E-state index in [0.717, 1.165) is 36.8 Å². The molecule has 1 amide bonds. The third kappa shape index (κ3) is 2.85. The second kappa shape index (κ2) is 5.82. The van der Waals surface area contributed by atoms with Crippen LogP contribution >= 0.6 is 0 Å². The van der Waals surface area contributed by atoms with E-state index in [4.69, 9.17) is 0 Å². The second-order valence-electron chi connectivity index (χ2n) is 5.13. The molecule has 1 aromatic heterocycles. The highest BCUT2D eigenvalue weighted by Crippen LogP contribution is 2.25. The van der Waals surface area contributed by atoms with Gasteiger partial charge in [-0.15, -0.1) is 0 Å². The van der Waals surface area contributed by atoms with Crippen LogP contribution < -0.4 is 5.32 Å². The lowest BCUT2D eigenvalue weighted by Gasteiger charge is -2.09. The smallest absolute Gasteiger partial charge is 0.229 e. The summed E-state index contributed by atoms with van der Waals surface area (Å²) in [4.78, 5) is 20.4. The molecule has 20 heavy (non-hydrogen) atoms. The fraction of sp³-hybridized carbons (Fsp3) is 0.312. The zero-order valence-electron chi connectivity index (χ0n) is 11.2. The SMILES string of the molecule is O=C(Nc1ncc(-c2ccccc2)cn1)C1CCCC1. The quantitative estimate of drug-likeness (QED) is 0.928. The van der Waals surface area contributed by atoms with Crippen molar-refractivity contribution in [3.8, 4) is 11.1 Å². The molecule has 1 saturated carbocycles. The van der Waals surface area contributed by atoms with Gasteiger partial charge in [0.1, 0.15) is 0 Å². The van der Waals surface area contributed by atoms with Gasteiger partial charge in [0.25, 0.3) is 0 Å². The van der Waals surface area contributed by atoms with Crippen molar-refractivity contribution in [1.29, 1.82) is 0 Å². The number of carbonyl (C=O) groups is 1. The lowest BCUT2D eigenvalue weighted by Crippen LogP contribution is -2.21. The molecule has 1 heterocycles. The molecule has 4 nitrogen and oxygen atoms in total. The van der Waals surface area contributed by atoms with Crippen molar-refractivity contribution >= 4 is 11.9 Å². The number of hydrogen-bond acceptors (Lipinski definition) is 3. The van der Waals surface area contributed by atoms with Gasteiger partial charge in [0.2, 0.25) is 11.9 Å². The molecular weight excluding hydrogens is 250 g/mol. The number of anilines is 1. The van der Waals surface area contributed by atoms with E-state index in [1.807, 2.05) is 30.3 Å². The summed E-state index contributed by atoms with van der Waals surface area (Å²) in [5, 5.41) is 2.80. The number of benzene rings is 1. The Labute approximate surface area is 118 Å². The molecule has 102 valence electrons. The Bertz CT molecular complexity index is 574. The summed E-state index contributed by atoms with van der Waals surface area (Å²) < 4.78 is 0. The first-order valence-electron chi connectivity index (χ1n) is 7.01. The Morgan fingerprint density at radius 3 is 2.30 bits per heavy atom. The third-order valence-electron chi connectivity index (χ3n) is 3.72. The second-order valence-corrected chi connectivity index (χ2v) is 5.13. The fourth-order valence-electron chi connectivity index (χ4n) is 2.57. The maximum Gasteiger partial charge on any atom is 0.229 e. The molecule has 0 radical (unpaired) electrons. The van der Waals surface area contributed by atoms with Gasteiger partial charge in [-0.3, -0.25) is 10.1 Å². The van der Waals surface area contributed by atoms with Crippen LogP contribution in [0.3, 0.4) is 0 Å². The van der Waals surface area contributed by atoms with E-state index in [9.17, 15) is 4.79 Å². The zero-order chi connectivity index (χ0) is 13.8. The molecule has 0 saturated heterocycles. The molecule has 1 fully saturated rings. The minimum absolute atomic E-state index is 0.0509. The highest BCUT2D eigenvalue weighted by atomic mass is 16.2. The maximum atomic E-state index is 12.0. The highest BCUT2D eigenvalue weighted by Gasteiger charge is 2.23. The van der Waals surface area contributed by atoms with Crippen molar-refractivity contribution in [2.45, 2.75) is 25.7 Å². The molecule has 0 spiro atoms. The number of hydrogen-bond donors (Lipinski definition) is 1. The van der Waals surface area contributed by atoms with Gasteiger partial charge in [-0.25, -0.2) is 9.97 Å². The Morgan fingerprint density at radius 1 is 1.00 bits per heavy atom. The highest BCUT2D eigenvalue weighted by molar-refractivity contribution is 5.91. The Morgan fingerprint density at radius 2 is 1.65 bits per heavy atom. The summed E-state index contributed by atoms with van der Waals surface area (Å²) in [6.45, 7) is 0. The topological polar surface area (TPSA) is 54.9 Å². The van der Waals surface area contributed by atoms with E-state index >= 15 is 0 Å². The van der Waals surface area contributed by atoms with Gasteiger partial charge in [-0.2, -0.15) is 0 Å². The van der Waals surface area contributed by atoms with Gasteiger partial charge >= 0.3 is 0 Å². The van der Waals surface area contributed by atoms with Crippen molar-refractivity contribution in [2.24, 2.45) is 5.92 Å². The number of nitrogens with one attached hydrogen (secondary N) is 1. The zero-order valence-corrected chi connectivity index (χ0v) is 11.2. The molecule has 0 bridgehead atoms. The minimum atomic E-state index is 0.0509. The summed E-state index contributed by atoms with van der Waals surface area (Å²) in [5.41, 5.74) is 2.02. The number of nitrogens with zero attached hydrogens (tertiary/aromatic N) is 2. The van der Waals surface area contributed by atoms with E-state index in [-0.39, 0.29) is 11.8 Å². The van der Waals surface area contributed by atoms with Crippen LogP contribution in [0.2, 0.25) is 0 Å². The molecule has 4 heteroatoms. The van der Waals surface area contributed by atoms with Crippen molar-refractivity contribution < 1.29 is 4.79 Å². The van der Waals surface area contributed by atoms with Crippen molar-refractivity contribution in [3.05, 3.63) is 42.7 Å². The first-order chi connectivity index (χ1) is 9.83. The van der Waals surface area contributed by atoms with Gasteiger partial charge < -0.3 is 0 Å². The predicted octanol–water partition coefficient (Wildman–Crippen LogP) is 3.27. The summed E-state index contributed by atoms with van der Waals surface area (Å²) in [6.07, 6.45) is 7.73. The molecule has 2 aromatic rings. The van der Waals surface area contributed by atoms with E-state index in [1.165, 1.54) is 0 Å². The third-order valence-corrected chi connectivity index (χ3v) is 3.72. The van der Waals surface area contributed by atoms with Gasteiger partial charge in [0.05, 0.1) is 0 Å². The summed E-state index contributed by atoms with van der Waals surface area (Å²) in [5.74, 6) is 0.573. The average molecular weight is 267 g/mol. The molecule has 3 rings (SSSR count). The van der Waals surface area contributed by atoms with Crippen molar-refractivity contribution in [3.63, 3.8) is 0 Å². The Balaban J connectivity index is 1.68. The van der Waals surface area contributed by atoms with Crippen LogP contribution in [0.15, 0.2) is 42.7 Å². The molecule has 1 aliphatic carbocycles. The normalized spacial score (nSPS) is 15.2. The minimum Gasteiger partial charge on any atom is -0.294 e. The van der Waals surface area contributed by atoms with E-state index in [0.29, 0.717) is 5.95 Å². The number of aromatic nitrogens is 2. The Kier molecular flexibility index (Phi) is 3.72. The van der Waals surface area contributed by atoms with Gasteiger partial charge in [0, 0.05) is 23.9 Å². The number of rotatable bonds is 3. The molecular formula is C16H17N3O. The van der Waals surface area contributed by atoms with E-state index in [2.05, 4.69) is 15.3 Å². The molecule has 0 atom stereocenters. The standard InChI is InChI=1S/C16H17N3O/c20-15(13-8-4-5-9-13)19-16-17-10-14(11-18-16)12-6-2-1-3-7-12/h1-3,6-7,10-11,13H,4-5,8-9H2,(H,17,18,19,20). The molecule has 0 unspecified atom stereocenters. The van der Waals surface area contributed by atoms with Gasteiger partial charge in [-0.1, -0.05) is 43.2 Å². The van der Waals surface area contributed by atoms with Crippen LogP contribution in [0.1, 0.15) is 25.7 Å². The molecule has 0 aliphatic heterocycles. The summed E-state index contributed by atoms with van der Waals surface area (Å²) in [6, 6.07) is 9.95. The first kappa shape index (κ1) is 12.8. The monoisotopic (exact) mass is 267 g/mol. The molecule has 1 aliphatic rings. The van der Waals surface area contributed by atoms with Crippen LogP contribution in [-0.4, -0.2) is 15.9 Å². The summed E-state index contributed by atoms with van der Waals surface area (Å²) in [7, 11) is 0. The predicted molar refractivity (Wildman–Crippen MR) is 78.1 cm³/mol. The molecule has 1 aromatic carbocycles. The van der Waals surface area contributed by atoms with Crippen LogP contribution in [0.5, 0.6) is 0 Å². The van der Waals surface area contributed by atoms with Gasteiger partial charge in [0.15, 0.2) is 0 Å². The Hall–Kier alpha value is -2.23. The van der Waals surface area contributed by atoms with E-state index in [1.54, 1.807) is 12.4 Å². The van der Waals surface area contributed by atoms with Crippen LogP contribution in [0.4, 0.5) is 5.95 Å². The summed E-state index contributed by atoms with van der Waals surface area (Å²) >= 11 is 0. The maximum absolute atomic E-state index is 12.0. The molecule has 1 N–H and O–H groups in total. The first-order valence-corrected chi connectivity index (χ1v) is 7.01. The van der Waals surface area contributed by atoms with Gasteiger partial charge in [-0.05, 0) is 18.4 Å². The van der Waals surface area contributed by atoms with Crippen LogP contribution in [-0.2, 0) is 4.79 Å². The number of amides is 1. The van der Waals surface area contributed by atoms with Crippen molar-refractivity contribution in [1.82, 2.24) is 9.97 Å². The largest absolute Gasteiger partial charge is 0.294 e. The lowest BCUT2D eigenvalue weighted by atomic mass is 10.1. The van der Waals surface area contributed by atoms with E-state index < -0.39 is 0 Å². The van der Waals surface area contributed by atoms with Crippen molar-refractivity contribution in [2.75, 3.05) is 5.32 Å². The number of carbonyl (C=O) groups excluding carboxylic acids is 1. The van der Waals surface area contributed by atoms with Crippen LogP contribution in [0, 0.1) is 5.92 Å². The fourth-order valence-corrected chi connectivity index (χ4v) is 2.57. The lowest BCUT2D eigenvalue weighted by molar-refractivity contribution is -0.119.